The molecule has 1 aliphatic heterocycles. The van der Waals surface area contributed by atoms with Crippen LogP contribution in [0.15, 0.2) is 18.2 Å². The number of rotatable bonds is 0. The Hall–Kier alpha value is -0.690. The summed E-state index contributed by atoms with van der Waals surface area (Å²) in [6.07, 6.45) is 3.72. The standard InChI is InChI=1S/C10H12ClN/c11-9-5-4-8-3-1-2-6-12-10(8)7-9/h4-5,7,12H,1-3,6H2. The van der Waals surface area contributed by atoms with Crippen LogP contribution in [0.4, 0.5) is 5.69 Å². The number of aryl methyl sites for hydroxylation is 1. The van der Waals surface area contributed by atoms with Gasteiger partial charge in [0, 0.05) is 17.3 Å². The van der Waals surface area contributed by atoms with Gasteiger partial charge in [0.2, 0.25) is 0 Å². The van der Waals surface area contributed by atoms with E-state index in [0.29, 0.717) is 0 Å². The lowest BCUT2D eigenvalue weighted by Gasteiger charge is -2.06. The zero-order valence-electron chi connectivity index (χ0n) is 6.94. The summed E-state index contributed by atoms with van der Waals surface area (Å²) in [6.45, 7) is 1.08. The van der Waals surface area contributed by atoms with Gasteiger partial charge in [-0.1, -0.05) is 17.7 Å². The van der Waals surface area contributed by atoms with Crippen LogP contribution >= 0.6 is 11.6 Å². The molecule has 1 aromatic rings. The van der Waals surface area contributed by atoms with Crippen molar-refractivity contribution in [2.45, 2.75) is 19.3 Å². The summed E-state index contributed by atoms with van der Waals surface area (Å²) in [5.74, 6) is 0. The van der Waals surface area contributed by atoms with Gasteiger partial charge in [0.25, 0.3) is 0 Å². The number of hydrogen-bond donors (Lipinski definition) is 1. The first-order chi connectivity index (χ1) is 5.86. The Balaban J connectivity index is 2.36. The lowest BCUT2D eigenvalue weighted by molar-refractivity contribution is 0.785. The molecular formula is C10H12ClN. The minimum Gasteiger partial charge on any atom is -0.385 e. The van der Waals surface area contributed by atoms with Gasteiger partial charge in [-0.3, -0.25) is 0 Å². The predicted molar refractivity (Wildman–Crippen MR) is 52.9 cm³/mol. The maximum atomic E-state index is 5.89. The molecular weight excluding hydrogens is 170 g/mol. The van der Waals surface area contributed by atoms with E-state index in [1.807, 2.05) is 12.1 Å². The van der Waals surface area contributed by atoms with E-state index in [0.717, 1.165) is 11.6 Å². The molecule has 0 bridgehead atoms. The van der Waals surface area contributed by atoms with Crippen LogP contribution in [0, 0.1) is 0 Å². The van der Waals surface area contributed by atoms with Gasteiger partial charge in [0.05, 0.1) is 0 Å². The normalized spacial score (nSPS) is 16.1. The molecule has 1 aliphatic rings. The maximum Gasteiger partial charge on any atom is 0.0426 e. The summed E-state index contributed by atoms with van der Waals surface area (Å²) in [7, 11) is 0. The molecule has 1 aromatic carbocycles. The second kappa shape index (κ2) is 3.36. The van der Waals surface area contributed by atoms with Gasteiger partial charge in [0.1, 0.15) is 0 Å². The highest BCUT2D eigenvalue weighted by Crippen LogP contribution is 2.24. The zero-order chi connectivity index (χ0) is 8.39. The predicted octanol–water partition coefficient (Wildman–Crippen LogP) is 3.09. The third kappa shape index (κ3) is 1.56. The van der Waals surface area contributed by atoms with Crippen LogP contribution in [0.3, 0.4) is 0 Å². The third-order valence-electron chi connectivity index (χ3n) is 2.26. The Kier molecular flexibility index (Phi) is 2.22. The van der Waals surface area contributed by atoms with Crippen LogP contribution in [0.2, 0.25) is 5.02 Å². The summed E-state index contributed by atoms with van der Waals surface area (Å²) < 4.78 is 0. The van der Waals surface area contributed by atoms with E-state index in [9.17, 15) is 0 Å². The smallest absolute Gasteiger partial charge is 0.0426 e. The Labute approximate surface area is 77.7 Å². The molecule has 0 aliphatic carbocycles. The first-order valence-corrected chi connectivity index (χ1v) is 4.76. The van der Waals surface area contributed by atoms with E-state index < -0.39 is 0 Å². The number of halogens is 1. The zero-order valence-corrected chi connectivity index (χ0v) is 7.69. The summed E-state index contributed by atoms with van der Waals surface area (Å²) in [6, 6.07) is 6.10. The maximum absolute atomic E-state index is 5.89. The summed E-state index contributed by atoms with van der Waals surface area (Å²) >= 11 is 5.89. The van der Waals surface area contributed by atoms with Gasteiger partial charge in [-0.25, -0.2) is 0 Å². The highest BCUT2D eigenvalue weighted by molar-refractivity contribution is 6.30. The Morgan fingerprint density at radius 2 is 2.17 bits per heavy atom. The van der Waals surface area contributed by atoms with Gasteiger partial charge in [0.15, 0.2) is 0 Å². The molecule has 1 heterocycles. The van der Waals surface area contributed by atoms with Crippen LogP contribution in [-0.4, -0.2) is 6.54 Å². The van der Waals surface area contributed by atoms with Crippen molar-refractivity contribution < 1.29 is 0 Å². The van der Waals surface area contributed by atoms with Crippen molar-refractivity contribution >= 4 is 17.3 Å². The van der Waals surface area contributed by atoms with Crippen molar-refractivity contribution in [3.63, 3.8) is 0 Å². The number of nitrogens with one attached hydrogen (secondary N) is 1. The van der Waals surface area contributed by atoms with Crippen LogP contribution in [0.1, 0.15) is 18.4 Å². The average Bonchev–Trinajstić information content (AvgIpc) is 2.28. The first-order valence-electron chi connectivity index (χ1n) is 4.38. The molecule has 0 radical (unpaired) electrons. The SMILES string of the molecule is Clc1ccc2c(c1)NCCCC2. The number of fused-ring (bicyclic) bond motifs is 1. The molecule has 1 N–H and O–H groups in total. The van der Waals surface area contributed by atoms with E-state index in [1.54, 1.807) is 0 Å². The van der Waals surface area contributed by atoms with Crippen molar-refractivity contribution in [1.29, 1.82) is 0 Å². The molecule has 12 heavy (non-hydrogen) atoms. The summed E-state index contributed by atoms with van der Waals surface area (Å²) in [5, 5.41) is 4.20. The van der Waals surface area contributed by atoms with E-state index >= 15 is 0 Å². The van der Waals surface area contributed by atoms with E-state index in [1.165, 1.54) is 30.5 Å². The van der Waals surface area contributed by atoms with Crippen LogP contribution in [0.5, 0.6) is 0 Å². The van der Waals surface area contributed by atoms with Crippen LogP contribution in [0.25, 0.3) is 0 Å². The van der Waals surface area contributed by atoms with Crippen molar-refractivity contribution in [1.82, 2.24) is 0 Å². The molecule has 2 rings (SSSR count). The molecule has 2 heteroatoms. The minimum atomic E-state index is 0.822. The fraction of sp³-hybridized carbons (Fsp3) is 0.400. The molecule has 0 unspecified atom stereocenters. The first kappa shape index (κ1) is 7.93. The molecule has 1 nitrogen and oxygen atoms in total. The second-order valence-corrected chi connectivity index (χ2v) is 3.62. The molecule has 0 aromatic heterocycles. The van der Waals surface area contributed by atoms with Crippen molar-refractivity contribution in [2.75, 3.05) is 11.9 Å². The minimum absolute atomic E-state index is 0.822. The fourth-order valence-corrected chi connectivity index (χ4v) is 1.77. The van der Waals surface area contributed by atoms with E-state index in [2.05, 4.69) is 11.4 Å². The lowest BCUT2D eigenvalue weighted by atomic mass is 10.1. The molecule has 0 saturated carbocycles. The van der Waals surface area contributed by atoms with Crippen molar-refractivity contribution in [3.8, 4) is 0 Å². The lowest BCUT2D eigenvalue weighted by Crippen LogP contribution is -1.98. The van der Waals surface area contributed by atoms with E-state index in [4.69, 9.17) is 11.6 Å². The molecule has 0 atom stereocenters. The van der Waals surface area contributed by atoms with Gasteiger partial charge in [-0.05, 0) is 37.0 Å². The highest BCUT2D eigenvalue weighted by atomic mass is 35.5. The monoisotopic (exact) mass is 181 g/mol. The number of hydrogen-bond acceptors (Lipinski definition) is 1. The highest BCUT2D eigenvalue weighted by Gasteiger charge is 2.06. The van der Waals surface area contributed by atoms with E-state index in [-0.39, 0.29) is 0 Å². The molecule has 64 valence electrons. The van der Waals surface area contributed by atoms with Gasteiger partial charge in [-0.15, -0.1) is 0 Å². The van der Waals surface area contributed by atoms with Gasteiger partial charge < -0.3 is 5.32 Å². The Morgan fingerprint density at radius 1 is 1.25 bits per heavy atom. The Morgan fingerprint density at radius 3 is 3.08 bits per heavy atom. The third-order valence-corrected chi connectivity index (χ3v) is 2.50. The second-order valence-electron chi connectivity index (χ2n) is 3.19. The molecule has 0 fully saturated rings. The molecule has 0 saturated heterocycles. The summed E-state index contributed by atoms with van der Waals surface area (Å²) in [5.41, 5.74) is 2.62. The molecule has 0 spiro atoms. The quantitative estimate of drug-likeness (QED) is 0.649. The number of anilines is 1. The molecule has 0 amide bonds. The number of benzene rings is 1. The van der Waals surface area contributed by atoms with Gasteiger partial charge >= 0.3 is 0 Å². The van der Waals surface area contributed by atoms with Gasteiger partial charge in [-0.2, -0.15) is 0 Å². The average molecular weight is 182 g/mol. The Bertz CT molecular complexity index is 283. The fourth-order valence-electron chi connectivity index (χ4n) is 1.59. The van der Waals surface area contributed by atoms with Crippen LogP contribution < -0.4 is 5.32 Å². The van der Waals surface area contributed by atoms with Crippen molar-refractivity contribution in [2.24, 2.45) is 0 Å². The summed E-state index contributed by atoms with van der Waals surface area (Å²) in [4.78, 5) is 0. The van der Waals surface area contributed by atoms with Crippen molar-refractivity contribution in [3.05, 3.63) is 28.8 Å². The van der Waals surface area contributed by atoms with Crippen LogP contribution in [-0.2, 0) is 6.42 Å². The largest absolute Gasteiger partial charge is 0.385 e. The topological polar surface area (TPSA) is 12.0 Å².